The van der Waals surface area contributed by atoms with E-state index in [9.17, 15) is 4.79 Å². The molecule has 2 saturated heterocycles. The van der Waals surface area contributed by atoms with Crippen molar-refractivity contribution < 1.29 is 14.3 Å². The summed E-state index contributed by atoms with van der Waals surface area (Å²) >= 11 is 6.26. The number of nitrogens with zero attached hydrogens (tertiary/aromatic N) is 4. The lowest BCUT2D eigenvalue weighted by Gasteiger charge is -2.54. The number of ether oxygens (including phenoxy) is 2. The van der Waals surface area contributed by atoms with Crippen molar-refractivity contribution in [1.29, 1.82) is 5.26 Å². The minimum atomic E-state index is -0.346. The van der Waals surface area contributed by atoms with Gasteiger partial charge in [0.1, 0.15) is 24.0 Å². The molecule has 0 aliphatic carbocycles. The summed E-state index contributed by atoms with van der Waals surface area (Å²) < 4.78 is 14.5. The van der Waals surface area contributed by atoms with Crippen LogP contribution in [0.15, 0.2) is 30.6 Å². The first-order valence-electron chi connectivity index (χ1n) is 11.1. The number of benzene rings is 1. The summed E-state index contributed by atoms with van der Waals surface area (Å²) in [6.07, 6.45) is 5.99. The molecular formula is C24H27ClN4O3. The van der Waals surface area contributed by atoms with E-state index in [-0.39, 0.29) is 41.3 Å². The van der Waals surface area contributed by atoms with Gasteiger partial charge in [-0.05, 0) is 56.7 Å². The van der Waals surface area contributed by atoms with E-state index in [1.54, 1.807) is 17.0 Å². The van der Waals surface area contributed by atoms with Crippen LogP contribution in [0.5, 0.6) is 5.75 Å². The van der Waals surface area contributed by atoms with Gasteiger partial charge >= 0.3 is 0 Å². The quantitative estimate of drug-likeness (QED) is 0.686. The van der Waals surface area contributed by atoms with E-state index >= 15 is 0 Å². The summed E-state index contributed by atoms with van der Waals surface area (Å²) in [5.41, 5.74) is 0.737. The SMILES string of the molecule is CC1(C)Oc2ccc(Cl)cc2C2OCC3(CCN(C(=O)Cn4ccnc4C#N)CC3)CC21. The van der Waals surface area contributed by atoms with E-state index in [1.807, 2.05) is 29.2 Å². The molecule has 1 spiro atoms. The second kappa shape index (κ2) is 7.79. The van der Waals surface area contributed by atoms with E-state index in [0.717, 1.165) is 30.6 Å². The van der Waals surface area contributed by atoms with Crippen LogP contribution in [0.25, 0.3) is 0 Å². The Labute approximate surface area is 192 Å². The molecule has 7 nitrogen and oxygen atoms in total. The van der Waals surface area contributed by atoms with Gasteiger partial charge in [0.2, 0.25) is 11.7 Å². The molecule has 2 unspecified atom stereocenters. The fourth-order valence-electron chi connectivity index (χ4n) is 5.50. The normalized spacial score (nSPS) is 25.4. The van der Waals surface area contributed by atoms with Crippen molar-refractivity contribution in [2.24, 2.45) is 11.3 Å². The third-order valence-electron chi connectivity index (χ3n) is 7.43. The van der Waals surface area contributed by atoms with Gasteiger partial charge in [-0.2, -0.15) is 5.26 Å². The molecule has 2 fully saturated rings. The lowest BCUT2D eigenvalue weighted by molar-refractivity contribution is -0.176. The number of likely N-dealkylation sites (tertiary alicyclic amines) is 1. The standard InChI is InChI=1S/C24H27ClN4O3/c1-23(2)18-12-24(15-31-22(18)17-11-16(25)3-4-19(17)32-23)5-8-28(9-6-24)21(30)14-29-10-7-27-20(29)13-26/h3-4,7,10-11,18,22H,5-6,8-9,12,14-15H2,1-2H3. The maximum absolute atomic E-state index is 12.8. The number of imidazole rings is 1. The predicted molar refractivity (Wildman–Crippen MR) is 118 cm³/mol. The highest BCUT2D eigenvalue weighted by Gasteiger charge is 2.52. The number of nitriles is 1. The van der Waals surface area contributed by atoms with Gasteiger partial charge in [0.05, 0.1) is 12.7 Å². The Morgan fingerprint density at radius 2 is 2.12 bits per heavy atom. The van der Waals surface area contributed by atoms with E-state index < -0.39 is 0 Å². The number of piperidine rings is 1. The van der Waals surface area contributed by atoms with Gasteiger partial charge in [-0.15, -0.1) is 0 Å². The van der Waals surface area contributed by atoms with Crippen molar-refractivity contribution in [1.82, 2.24) is 14.5 Å². The lowest BCUT2D eigenvalue weighted by Crippen LogP contribution is -2.54. The Kier molecular flexibility index (Phi) is 5.18. The van der Waals surface area contributed by atoms with Crippen LogP contribution in [0.2, 0.25) is 5.02 Å². The van der Waals surface area contributed by atoms with Crippen molar-refractivity contribution in [3.63, 3.8) is 0 Å². The average molecular weight is 455 g/mol. The molecule has 1 amide bonds. The van der Waals surface area contributed by atoms with Crippen molar-refractivity contribution >= 4 is 17.5 Å². The molecule has 3 aliphatic heterocycles. The summed E-state index contributed by atoms with van der Waals surface area (Å²) in [4.78, 5) is 18.7. The number of halogens is 1. The molecule has 0 saturated carbocycles. The van der Waals surface area contributed by atoms with Crippen LogP contribution < -0.4 is 4.74 Å². The molecule has 2 atom stereocenters. The first kappa shape index (κ1) is 21.3. The second-order valence-electron chi connectivity index (χ2n) is 9.80. The summed E-state index contributed by atoms with van der Waals surface area (Å²) in [7, 11) is 0. The number of carbonyl (C=O) groups excluding carboxylic acids is 1. The predicted octanol–water partition coefficient (Wildman–Crippen LogP) is 3.97. The van der Waals surface area contributed by atoms with Gasteiger partial charge in [-0.1, -0.05) is 11.6 Å². The number of aromatic nitrogens is 2. The van der Waals surface area contributed by atoms with E-state index in [4.69, 9.17) is 26.3 Å². The van der Waals surface area contributed by atoms with Crippen LogP contribution in [-0.2, 0) is 16.1 Å². The summed E-state index contributed by atoms with van der Waals surface area (Å²) in [6, 6.07) is 7.78. The number of amides is 1. The summed E-state index contributed by atoms with van der Waals surface area (Å²) in [5, 5.41) is 9.81. The Balaban J connectivity index is 1.28. The molecule has 0 bridgehead atoms. The Hall–Kier alpha value is -2.56. The molecule has 0 radical (unpaired) electrons. The highest BCUT2D eigenvalue weighted by atomic mass is 35.5. The summed E-state index contributed by atoms with van der Waals surface area (Å²) in [5.74, 6) is 1.36. The molecule has 1 aromatic heterocycles. The van der Waals surface area contributed by atoms with E-state index in [1.165, 1.54) is 0 Å². The molecule has 168 valence electrons. The molecule has 4 heterocycles. The van der Waals surface area contributed by atoms with Crippen LogP contribution in [0.3, 0.4) is 0 Å². The third kappa shape index (κ3) is 3.66. The maximum Gasteiger partial charge on any atom is 0.242 e. The van der Waals surface area contributed by atoms with Gasteiger partial charge in [0.25, 0.3) is 0 Å². The zero-order valence-electron chi connectivity index (χ0n) is 18.4. The monoisotopic (exact) mass is 454 g/mol. The fraction of sp³-hybridized carbons (Fsp3) is 0.542. The third-order valence-corrected chi connectivity index (χ3v) is 7.66. The van der Waals surface area contributed by atoms with E-state index in [0.29, 0.717) is 24.7 Å². The molecular weight excluding hydrogens is 428 g/mol. The van der Waals surface area contributed by atoms with Gasteiger partial charge in [-0.25, -0.2) is 4.98 Å². The number of rotatable bonds is 2. The first-order valence-corrected chi connectivity index (χ1v) is 11.5. The largest absolute Gasteiger partial charge is 0.487 e. The molecule has 1 aromatic carbocycles. The van der Waals surface area contributed by atoms with Crippen molar-refractivity contribution in [3.8, 4) is 11.8 Å². The Morgan fingerprint density at radius 1 is 1.34 bits per heavy atom. The molecule has 2 aromatic rings. The second-order valence-corrected chi connectivity index (χ2v) is 10.2. The highest BCUT2D eigenvalue weighted by molar-refractivity contribution is 6.30. The molecule has 3 aliphatic rings. The van der Waals surface area contributed by atoms with Crippen LogP contribution in [0, 0.1) is 22.7 Å². The average Bonchev–Trinajstić information content (AvgIpc) is 3.22. The van der Waals surface area contributed by atoms with Crippen LogP contribution in [-0.4, -0.2) is 45.7 Å². The van der Waals surface area contributed by atoms with E-state index in [2.05, 4.69) is 18.8 Å². The van der Waals surface area contributed by atoms with Crippen LogP contribution >= 0.6 is 11.6 Å². The Morgan fingerprint density at radius 3 is 2.88 bits per heavy atom. The zero-order valence-corrected chi connectivity index (χ0v) is 19.1. The van der Waals surface area contributed by atoms with Crippen molar-refractivity contribution in [3.05, 3.63) is 47.0 Å². The number of carbonyl (C=O) groups is 1. The Bertz CT molecular complexity index is 1080. The van der Waals surface area contributed by atoms with Crippen LogP contribution in [0.4, 0.5) is 0 Å². The number of hydrogen-bond acceptors (Lipinski definition) is 5. The molecule has 8 heteroatoms. The highest BCUT2D eigenvalue weighted by Crippen LogP contribution is 2.55. The molecule has 5 rings (SSSR count). The smallest absolute Gasteiger partial charge is 0.242 e. The minimum Gasteiger partial charge on any atom is -0.487 e. The molecule has 0 N–H and O–H groups in total. The van der Waals surface area contributed by atoms with Crippen molar-refractivity contribution in [2.75, 3.05) is 19.7 Å². The number of fused-ring (bicyclic) bond motifs is 3. The van der Waals surface area contributed by atoms with Crippen LogP contribution in [0.1, 0.15) is 50.6 Å². The maximum atomic E-state index is 12.8. The first-order chi connectivity index (χ1) is 15.3. The topological polar surface area (TPSA) is 80.4 Å². The zero-order chi connectivity index (χ0) is 22.5. The fourth-order valence-corrected chi connectivity index (χ4v) is 5.68. The van der Waals surface area contributed by atoms with Crippen molar-refractivity contribution in [2.45, 2.75) is 51.4 Å². The minimum absolute atomic E-state index is 0.0221. The lowest BCUT2D eigenvalue weighted by atomic mass is 9.64. The molecule has 32 heavy (non-hydrogen) atoms. The van der Waals surface area contributed by atoms with Gasteiger partial charge in [-0.3, -0.25) is 4.79 Å². The summed E-state index contributed by atoms with van der Waals surface area (Å²) in [6.45, 7) is 6.50. The van der Waals surface area contributed by atoms with Gasteiger partial charge in [0.15, 0.2) is 0 Å². The number of hydrogen-bond donors (Lipinski definition) is 0. The van der Waals surface area contributed by atoms with Gasteiger partial charge in [0, 0.05) is 42.0 Å². The van der Waals surface area contributed by atoms with Gasteiger partial charge < -0.3 is 18.9 Å².